The van der Waals surface area contributed by atoms with E-state index in [1.165, 1.54) is 18.1 Å². The van der Waals surface area contributed by atoms with Crippen molar-refractivity contribution in [3.05, 3.63) is 53.6 Å². The molecule has 0 spiro atoms. The van der Waals surface area contributed by atoms with E-state index in [1.807, 2.05) is 19.1 Å². The summed E-state index contributed by atoms with van der Waals surface area (Å²) in [6, 6.07) is 11.8. The van der Waals surface area contributed by atoms with Gasteiger partial charge in [0.15, 0.2) is 0 Å². The summed E-state index contributed by atoms with van der Waals surface area (Å²) in [6.45, 7) is 1.87. The molecule has 1 aliphatic carbocycles. The topological polar surface area (TPSA) is 92.8 Å². The van der Waals surface area contributed by atoms with Gasteiger partial charge in [-0.15, -0.1) is 0 Å². The number of hydrogen-bond donors (Lipinski definition) is 1. The number of carbonyl (C=O) groups excluding carboxylic acids is 2. The number of anilines is 1. The van der Waals surface area contributed by atoms with E-state index in [9.17, 15) is 18.0 Å². The van der Waals surface area contributed by atoms with Gasteiger partial charge in [0.05, 0.1) is 31.2 Å². The van der Waals surface area contributed by atoms with Crippen LogP contribution in [0.3, 0.4) is 0 Å². The van der Waals surface area contributed by atoms with E-state index in [1.54, 1.807) is 24.3 Å². The number of nitrogens with one attached hydrogen (secondary N) is 1. The number of likely N-dealkylation sites (tertiary alicyclic amines) is 1. The molecule has 4 rings (SSSR count). The molecular formula is C23H26N2O5S. The van der Waals surface area contributed by atoms with Crippen LogP contribution in [0.4, 0.5) is 5.69 Å². The highest BCUT2D eigenvalue weighted by molar-refractivity contribution is 7.92. The van der Waals surface area contributed by atoms with E-state index in [0.717, 1.165) is 31.2 Å². The van der Waals surface area contributed by atoms with E-state index in [4.69, 9.17) is 4.74 Å². The van der Waals surface area contributed by atoms with Crippen molar-refractivity contribution < 1.29 is 22.7 Å². The number of methoxy groups -OCH3 is 1. The number of aryl methyl sites for hydroxylation is 1. The molecule has 0 radical (unpaired) electrons. The van der Waals surface area contributed by atoms with Crippen molar-refractivity contribution in [3.8, 4) is 5.75 Å². The Morgan fingerprint density at radius 2 is 1.68 bits per heavy atom. The van der Waals surface area contributed by atoms with Crippen LogP contribution < -0.4 is 9.46 Å². The molecule has 2 atom stereocenters. The van der Waals surface area contributed by atoms with Crippen LogP contribution >= 0.6 is 0 Å². The summed E-state index contributed by atoms with van der Waals surface area (Å²) in [5.41, 5.74) is 1.83. The number of fused-ring (bicyclic) bond motifs is 1. The zero-order valence-electron chi connectivity index (χ0n) is 17.6. The summed E-state index contributed by atoms with van der Waals surface area (Å²) in [5, 5.41) is 0. The maximum absolute atomic E-state index is 13.1. The molecule has 164 valence electrons. The van der Waals surface area contributed by atoms with Gasteiger partial charge in [0.1, 0.15) is 10.6 Å². The Morgan fingerprint density at radius 3 is 2.29 bits per heavy atom. The van der Waals surface area contributed by atoms with Crippen molar-refractivity contribution in [2.45, 2.75) is 44.0 Å². The lowest BCUT2D eigenvalue weighted by atomic mass is 9.81. The predicted octanol–water partition coefficient (Wildman–Crippen LogP) is 3.48. The van der Waals surface area contributed by atoms with Gasteiger partial charge >= 0.3 is 0 Å². The molecule has 2 fully saturated rings. The van der Waals surface area contributed by atoms with Crippen molar-refractivity contribution in [1.82, 2.24) is 4.90 Å². The van der Waals surface area contributed by atoms with Gasteiger partial charge in [-0.1, -0.05) is 37.1 Å². The molecule has 7 nitrogen and oxygen atoms in total. The van der Waals surface area contributed by atoms with Crippen LogP contribution in [0, 0.1) is 18.8 Å². The van der Waals surface area contributed by atoms with Gasteiger partial charge in [-0.05, 0) is 49.1 Å². The number of amides is 2. The molecular weight excluding hydrogens is 416 g/mol. The molecule has 0 bridgehead atoms. The molecule has 1 N–H and O–H groups in total. The Hall–Kier alpha value is -2.87. The third kappa shape index (κ3) is 4.04. The number of para-hydroxylation sites is 1. The number of imide groups is 1. The summed E-state index contributed by atoms with van der Waals surface area (Å²) >= 11 is 0. The van der Waals surface area contributed by atoms with Crippen LogP contribution in [-0.2, 0) is 26.2 Å². The van der Waals surface area contributed by atoms with Crippen molar-refractivity contribution in [2.75, 3.05) is 11.8 Å². The van der Waals surface area contributed by atoms with Crippen LogP contribution in [0.5, 0.6) is 5.75 Å². The zero-order valence-corrected chi connectivity index (χ0v) is 18.4. The van der Waals surface area contributed by atoms with Gasteiger partial charge in [-0.2, -0.15) is 0 Å². The van der Waals surface area contributed by atoms with Gasteiger partial charge in [-0.25, -0.2) is 8.42 Å². The Labute approximate surface area is 182 Å². The fourth-order valence-corrected chi connectivity index (χ4v) is 5.84. The molecule has 2 aromatic carbocycles. The minimum absolute atomic E-state index is 0.0349. The van der Waals surface area contributed by atoms with Crippen molar-refractivity contribution >= 4 is 27.5 Å². The fourth-order valence-electron chi connectivity index (χ4n) is 4.49. The van der Waals surface area contributed by atoms with Crippen LogP contribution in [0.1, 0.15) is 36.8 Å². The molecule has 1 heterocycles. The van der Waals surface area contributed by atoms with E-state index < -0.39 is 10.0 Å². The van der Waals surface area contributed by atoms with E-state index in [0.29, 0.717) is 11.3 Å². The largest absolute Gasteiger partial charge is 0.495 e. The second-order valence-corrected chi connectivity index (χ2v) is 9.82. The van der Waals surface area contributed by atoms with Crippen molar-refractivity contribution in [1.29, 1.82) is 0 Å². The molecule has 1 saturated carbocycles. The van der Waals surface area contributed by atoms with Crippen molar-refractivity contribution in [2.24, 2.45) is 11.8 Å². The lowest BCUT2D eigenvalue weighted by Crippen LogP contribution is -2.30. The quantitative estimate of drug-likeness (QED) is 0.692. The van der Waals surface area contributed by atoms with Gasteiger partial charge in [0, 0.05) is 0 Å². The number of rotatable bonds is 6. The number of hydrogen-bond acceptors (Lipinski definition) is 5. The van der Waals surface area contributed by atoms with E-state index >= 15 is 0 Å². The second kappa shape index (κ2) is 8.34. The first-order valence-electron chi connectivity index (χ1n) is 10.4. The maximum Gasteiger partial charge on any atom is 0.265 e. The average molecular weight is 443 g/mol. The monoisotopic (exact) mass is 442 g/mol. The Morgan fingerprint density at radius 1 is 1.03 bits per heavy atom. The molecule has 2 aliphatic rings. The fraction of sp³-hybridized carbons (Fsp3) is 0.391. The molecule has 1 saturated heterocycles. The molecule has 8 heteroatoms. The van der Waals surface area contributed by atoms with Gasteiger partial charge in [0.25, 0.3) is 10.0 Å². The maximum atomic E-state index is 13.1. The Bertz CT molecular complexity index is 1100. The molecule has 0 aromatic heterocycles. The third-order valence-corrected chi connectivity index (χ3v) is 7.57. The number of carbonyl (C=O) groups is 2. The highest BCUT2D eigenvalue weighted by atomic mass is 32.2. The summed E-state index contributed by atoms with van der Waals surface area (Å²) in [5.74, 6) is -0.561. The van der Waals surface area contributed by atoms with E-state index in [2.05, 4.69) is 4.72 Å². The van der Waals surface area contributed by atoms with Crippen LogP contribution in [0.15, 0.2) is 47.4 Å². The Kier molecular flexibility index (Phi) is 5.75. The lowest BCUT2D eigenvalue weighted by molar-refractivity contribution is -0.140. The number of benzene rings is 2. The van der Waals surface area contributed by atoms with Gasteiger partial charge < -0.3 is 4.74 Å². The standard InChI is InChI=1S/C23H26N2O5S/c1-15-7-3-6-10-19(15)24-31(28,29)21-13-16(11-12-20(21)30-2)14-25-22(26)17-8-4-5-9-18(17)23(25)27/h3,6-7,10-13,17-18,24H,4-5,8-9,14H2,1-2H3. The number of sulfonamides is 1. The van der Waals surface area contributed by atoms with Crippen LogP contribution in [0.25, 0.3) is 0 Å². The van der Waals surface area contributed by atoms with Crippen LogP contribution in [-0.4, -0.2) is 32.2 Å². The van der Waals surface area contributed by atoms with Gasteiger partial charge in [-0.3, -0.25) is 19.2 Å². The van der Waals surface area contributed by atoms with Crippen molar-refractivity contribution in [3.63, 3.8) is 0 Å². The molecule has 2 amide bonds. The van der Waals surface area contributed by atoms with E-state index in [-0.39, 0.29) is 40.8 Å². The summed E-state index contributed by atoms with van der Waals surface area (Å²) < 4.78 is 34.1. The zero-order chi connectivity index (χ0) is 22.2. The Balaban J connectivity index is 1.63. The average Bonchev–Trinajstić information content (AvgIpc) is 3.00. The molecule has 2 unspecified atom stereocenters. The minimum atomic E-state index is -3.95. The SMILES string of the molecule is COc1ccc(CN2C(=O)C3CCCCC3C2=O)cc1S(=O)(=O)Nc1ccccc1C. The highest BCUT2D eigenvalue weighted by Gasteiger charge is 2.47. The summed E-state index contributed by atoms with van der Waals surface area (Å²) in [6.07, 6.45) is 3.41. The first kappa shape index (κ1) is 21.4. The smallest absolute Gasteiger partial charge is 0.265 e. The highest BCUT2D eigenvalue weighted by Crippen LogP contribution is 2.39. The molecule has 2 aromatic rings. The second-order valence-electron chi connectivity index (χ2n) is 8.17. The summed E-state index contributed by atoms with van der Waals surface area (Å²) in [4.78, 5) is 26.8. The molecule has 31 heavy (non-hydrogen) atoms. The normalized spacial score (nSPS) is 21.2. The third-order valence-electron chi connectivity index (χ3n) is 6.18. The first-order chi connectivity index (χ1) is 14.8. The first-order valence-corrected chi connectivity index (χ1v) is 11.9. The predicted molar refractivity (Wildman–Crippen MR) is 116 cm³/mol. The van der Waals surface area contributed by atoms with Crippen LogP contribution in [0.2, 0.25) is 0 Å². The van der Waals surface area contributed by atoms with Gasteiger partial charge in [0.2, 0.25) is 11.8 Å². The summed E-state index contributed by atoms with van der Waals surface area (Å²) in [7, 11) is -2.54. The molecule has 1 aliphatic heterocycles. The number of nitrogens with zero attached hydrogens (tertiary/aromatic N) is 1. The minimum Gasteiger partial charge on any atom is -0.495 e. The lowest BCUT2D eigenvalue weighted by Gasteiger charge is -2.19. The number of ether oxygens (including phenoxy) is 1.